The molecule has 18 heavy (non-hydrogen) atoms. The lowest BCUT2D eigenvalue weighted by Gasteiger charge is -2.36. The average molecular weight is 267 g/mol. The van der Waals surface area contributed by atoms with Crippen LogP contribution >= 0.6 is 11.3 Å². The summed E-state index contributed by atoms with van der Waals surface area (Å²) in [7, 11) is 1.97. The van der Waals surface area contributed by atoms with Crippen LogP contribution in [0.5, 0.6) is 0 Å². The van der Waals surface area contributed by atoms with E-state index in [1.165, 1.54) is 19.3 Å². The first-order chi connectivity index (χ1) is 8.74. The molecular weight excluding hydrogens is 246 g/mol. The summed E-state index contributed by atoms with van der Waals surface area (Å²) in [5.41, 5.74) is 2.75. The Morgan fingerprint density at radius 3 is 2.83 bits per heavy atom. The summed E-state index contributed by atoms with van der Waals surface area (Å²) in [6, 6.07) is 0. The van der Waals surface area contributed by atoms with Gasteiger partial charge in [-0.25, -0.2) is 4.98 Å². The van der Waals surface area contributed by atoms with E-state index in [4.69, 9.17) is 0 Å². The van der Waals surface area contributed by atoms with E-state index in [0.717, 1.165) is 18.5 Å². The molecule has 2 N–H and O–H groups in total. The smallest absolute Gasteiger partial charge is 0.222 e. The van der Waals surface area contributed by atoms with E-state index in [1.54, 1.807) is 16.8 Å². The lowest BCUT2D eigenvalue weighted by Crippen LogP contribution is -2.48. The minimum atomic E-state index is 0.0183. The van der Waals surface area contributed by atoms with Gasteiger partial charge in [0.25, 0.3) is 0 Å². The molecule has 1 aromatic rings. The number of rotatable bonds is 5. The van der Waals surface area contributed by atoms with Crippen molar-refractivity contribution >= 4 is 17.2 Å². The van der Waals surface area contributed by atoms with Crippen molar-refractivity contribution in [2.75, 3.05) is 7.05 Å². The first-order valence-electron chi connectivity index (χ1n) is 6.57. The molecule has 0 saturated heterocycles. The van der Waals surface area contributed by atoms with Crippen molar-refractivity contribution in [1.82, 2.24) is 15.6 Å². The van der Waals surface area contributed by atoms with Gasteiger partial charge in [0.1, 0.15) is 0 Å². The van der Waals surface area contributed by atoms with E-state index >= 15 is 0 Å². The normalized spacial score (nSPS) is 18.5. The molecule has 0 spiro atoms. The summed E-state index contributed by atoms with van der Waals surface area (Å²) >= 11 is 1.56. The van der Waals surface area contributed by atoms with Gasteiger partial charge >= 0.3 is 0 Å². The number of aromatic nitrogens is 1. The molecule has 0 atom stereocenters. The second-order valence-corrected chi connectivity index (χ2v) is 5.74. The lowest BCUT2D eigenvalue weighted by molar-refractivity contribution is -0.123. The van der Waals surface area contributed by atoms with Crippen molar-refractivity contribution in [3.05, 3.63) is 16.6 Å². The van der Waals surface area contributed by atoms with E-state index in [0.29, 0.717) is 13.0 Å². The van der Waals surface area contributed by atoms with Crippen LogP contribution in [0.2, 0.25) is 0 Å². The predicted octanol–water partition coefficient (Wildman–Crippen LogP) is 2.07. The van der Waals surface area contributed by atoms with Crippen LogP contribution in [0.25, 0.3) is 0 Å². The zero-order valence-electron chi connectivity index (χ0n) is 10.9. The molecule has 4 nitrogen and oxygen atoms in total. The largest absolute Gasteiger partial charge is 0.350 e. The van der Waals surface area contributed by atoms with Gasteiger partial charge in [-0.2, -0.15) is 0 Å². The van der Waals surface area contributed by atoms with Crippen molar-refractivity contribution in [3.63, 3.8) is 0 Å². The minimum Gasteiger partial charge on any atom is -0.350 e. The standard InChI is InChI=1S/C13H21N3OS/c1-14-13(5-3-2-4-6-13)7-12(17)15-8-11-9-18-10-16-11/h9-10,14H,2-8H2,1H3,(H,15,17). The van der Waals surface area contributed by atoms with E-state index in [1.807, 2.05) is 12.4 Å². The molecule has 1 aromatic heterocycles. The van der Waals surface area contributed by atoms with Crippen molar-refractivity contribution in [2.45, 2.75) is 50.6 Å². The number of carbonyl (C=O) groups is 1. The number of thiazole rings is 1. The van der Waals surface area contributed by atoms with E-state index < -0.39 is 0 Å². The van der Waals surface area contributed by atoms with Crippen LogP contribution in [-0.2, 0) is 11.3 Å². The zero-order chi connectivity index (χ0) is 12.8. The number of hydrogen-bond acceptors (Lipinski definition) is 4. The Morgan fingerprint density at radius 1 is 1.44 bits per heavy atom. The SMILES string of the molecule is CNC1(CC(=O)NCc2cscn2)CCCCC1. The van der Waals surface area contributed by atoms with Gasteiger partial charge in [-0.1, -0.05) is 19.3 Å². The minimum absolute atomic E-state index is 0.0183. The summed E-state index contributed by atoms with van der Waals surface area (Å²) in [5.74, 6) is 0.124. The number of nitrogens with one attached hydrogen (secondary N) is 2. The molecule has 0 radical (unpaired) electrons. The molecule has 100 valence electrons. The quantitative estimate of drug-likeness (QED) is 0.858. The third-order valence-corrected chi connectivity index (χ3v) is 4.43. The second kappa shape index (κ2) is 6.29. The van der Waals surface area contributed by atoms with E-state index in [2.05, 4.69) is 15.6 Å². The first kappa shape index (κ1) is 13.5. The van der Waals surface area contributed by atoms with Crippen LogP contribution < -0.4 is 10.6 Å². The van der Waals surface area contributed by atoms with Gasteiger partial charge in [0.2, 0.25) is 5.91 Å². The Morgan fingerprint density at radius 2 is 2.22 bits per heavy atom. The summed E-state index contributed by atoms with van der Waals surface area (Å²) in [6.07, 6.45) is 6.53. The van der Waals surface area contributed by atoms with Crippen LogP contribution in [0.4, 0.5) is 0 Å². The third kappa shape index (κ3) is 3.53. The van der Waals surface area contributed by atoms with Crippen molar-refractivity contribution in [3.8, 4) is 0 Å². The zero-order valence-corrected chi connectivity index (χ0v) is 11.7. The van der Waals surface area contributed by atoms with Gasteiger partial charge in [0.15, 0.2) is 0 Å². The van der Waals surface area contributed by atoms with E-state index in [9.17, 15) is 4.79 Å². The molecule has 1 amide bonds. The number of carbonyl (C=O) groups excluding carboxylic acids is 1. The maximum atomic E-state index is 12.0. The molecular formula is C13H21N3OS. The Kier molecular flexibility index (Phi) is 4.72. The fraction of sp³-hybridized carbons (Fsp3) is 0.692. The molecule has 0 unspecified atom stereocenters. The van der Waals surface area contributed by atoms with Gasteiger partial charge in [0.05, 0.1) is 17.7 Å². The molecule has 0 bridgehead atoms. The molecule has 1 aliphatic rings. The average Bonchev–Trinajstić information content (AvgIpc) is 2.91. The first-order valence-corrected chi connectivity index (χ1v) is 7.51. The highest BCUT2D eigenvalue weighted by molar-refractivity contribution is 7.07. The maximum absolute atomic E-state index is 12.0. The van der Waals surface area contributed by atoms with Gasteiger partial charge in [-0.3, -0.25) is 4.79 Å². The number of nitrogens with zero attached hydrogens (tertiary/aromatic N) is 1. The number of hydrogen-bond donors (Lipinski definition) is 2. The van der Waals surface area contributed by atoms with Crippen LogP contribution in [0, 0.1) is 0 Å². The Labute approximate surface area is 112 Å². The predicted molar refractivity (Wildman–Crippen MR) is 73.5 cm³/mol. The molecule has 0 aromatic carbocycles. The van der Waals surface area contributed by atoms with Gasteiger partial charge in [-0.15, -0.1) is 11.3 Å². The Hall–Kier alpha value is -0.940. The molecule has 2 rings (SSSR count). The fourth-order valence-corrected chi connectivity index (χ4v) is 3.19. The van der Waals surface area contributed by atoms with Crippen LogP contribution in [-0.4, -0.2) is 23.5 Å². The van der Waals surface area contributed by atoms with Crippen LogP contribution in [0.1, 0.15) is 44.2 Å². The van der Waals surface area contributed by atoms with Gasteiger partial charge in [-0.05, 0) is 19.9 Å². The molecule has 1 saturated carbocycles. The highest BCUT2D eigenvalue weighted by atomic mass is 32.1. The molecule has 1 heterocycles. The molecule has 1 fully saturated rings. The highest BCUT2D eigenvalue weighted by Gasteiger charge is 2.32. The monoisotopic (exact) mass is 267 g/mol. The van der Waals surface area contributed by atoms with Crippen LogP contribution in [0.15, 0.2) is 10.9 Å². The maximum Gasteiger partial charge on any atom is 0.222 e. The lowest BCUT2D eigenvalue weighted by atomic mass is 9.79. The van der Waals surface area contributed by atoms with Gasteiger partial charge in [0, 0.05) is 17.3 Å². The number of amides is 1. The Balaban J connectivity index is 1.81. The second-order valence-electron chi connectivity index (χ2n) is 5.02. The van der Waals surface area contributed by atoms with Crippen molar-refractivity contribution in [2.24, 2.45) is 0 Å². The highest BCUT2D eigenvalue weighted by Crippen LogP contribution is 2.30. The summed E-state index contributed by atoms with van der Waals surface area (Å²) in [6.45, 7) is 0.544. The summed E-state index contributed by atoms with van der Waals surface area (Å²) in [4.78, 5) is 16.2. The molecule has 5 heteroatoms. The molecule has 1 aliphatic carbocycles. The summed E-state index contributed by atoms with van der Waals surface area (Å²) < 4.78 is 0. The fourth-order valence-electron chi connectivity index (χ4n) is 2.63. The third-order valence-electron chi connectivity index (χ3n) is 3.79. The summed E-state index contributed by atoms with van der Waals surface area (Å²) in [5, 5.41) is 8.29. The van der Waals surface area contributed by atoms with E-state index in [-0.39, 0.29) is 11.4 Å². The van der Waals surface area contributed by atoms with Crippen molar-refractivity contribution < 1.29 is 4.79 Å². The molecule has 0 aliphatic heterocycles. The Bertz CT molecular complexity index is 372. The van der Waals surface area contributed by atoms with Crippen LogP contribution in [0.3, 0.4) is 0 Å². The van der Waals surface area contributed by atoms with Crippen molar-refractivity contribution in [1.29, 1.82) is 0 Å². The topological polar surface area (TPSA) is 54.0 Å². The van der Waals surface area contributed by atoms with Gasteiger partial charge < -0.3 is 10.6 Å².